The summed E-state index contributed by atoms with van der Waals surface area (Å²) in [6, 6.07) is 7.80. The Kier molecular flexibility index (Phi) is 3.62. The number of morpholine rings is 1. The van der Waals surface area contributed by atoms with E-state index in [-0.39, 0.29) is 19.1 Å². The zero-order chi connectivity index (χ0) is 13.1. The summed E-state index contributed by atoms with van der Waals surface area (Å²) < 4.78 is 4.95. The molecule has 1 aromatic carbocycles. The van der Waals surface area contributed by atoms with Crippen molar-refractivity contribution in [2.75, 3.05) is 13.2 Å². The van der Waals surface area contributed by atoms with Gasteiger partial charge in [-0.2, -0.15) is 0 Å². The van der Waals surface area contributed by atoms with Gasteiger partial charge in [0, 0.05) is 6.54 Å². The minimum atomic E-state index is -1.03. The van der Waals surface area contributed by atoms with E-state index < -0.39 is 12.1 Å². The third-order valence-corrected chi connectivity index (χ3v) is 2.88. The highest BCUT2D eigenvalue weighted by molar-refractivity contribution is 5.81. The Morgan fingerprint density at radius 2 is 2.33 bits per heavy atom. The maximum absolute atomic E-state index is 11.7. The molecule has 0 saturated carbocycles. The summed E-state index contributed by atoms with van der Waals surface area (Å²) >= 11 is 0. The van der Waals surface area contributed by atoms with Gasteiger partial charge < -0.3 is 14.7 Å². The summed E-state index contributed by atoms with van der Waals surface area (Å²) in [5.41, 5.74) is 2.11. The van der Waals surface area contributed by atoms with E-state index in [4.69, 9.17) is 9.84 Å². The first kappa shape index (κ1) is 12.6. The Labute approximate surface area is 105 Å². The second kappa shape index (κ2) is 5.18. The Hall–Kier alpha value is -1.88. The standard InChI is InChI=1S/C13H15NO4/c1-9-3-2-4-10(5-9)6-14-7-11(13(16)17)18-8-12(14)15/h2-5,11H,6-8H2,1H3,(H,16,17). The number of hydrogen-bond donors (Lipinski definition) is 1. The summed E-state index contributed by atoms with van der Waals surface area (Å²) in [5.74, 6) is -1.20. The number of carboxylic acid groups (broad SMARTS) is 1. The van der Waals surface area contributed by atoms with Crippen molar-refractivity contribution in [1.29, 1.82) is 0 Å². The summed E-state index contributed by atoms with van der Waals surface area (Å²) in [6.45, 7) is 2.34. The third kappa shape index (κ3) is 2.87. The first-order valence-corrected chi connectivity index (χ1v) is 5.74. The summed E-state index contributed by atoms with van der Waals surface area (Å²) in [5, 5.41) is 8.89. The molecule has 0 radical (unpaired) electrons. The normalized spacial score (nSPS) is 19.9. The fraction of sp³-hybridized carbons (Fsp3) is 0.385. The van der Waals surface area contributed by atoms with E-state index >= 15 is 0 Å². The van der Waals surface area contributed by atoms with Gasteiger partial charge in [-0.1, -0.05) is 29.8 Å². The molecule has 1 fully saturated rings. The molecule has 0 aromatic heterocycles. The van der Waals surface area contributed by atoms with Crippen molar-refractivity contribution in [2.45, 2.75) is 19.6 Å². The zero-order valence-electron chi connectivity index (χ0n) is 10.1. The maximum Gasteiger partial charge on any atom is 0.334 e. The van der Waals surface area contributed by atoms with Crippen molar-refractivity contribution in [1.82, 2.24) is 4.90 Å². The molecular weight excluding hydrogens is 234 g/mol. The van der Waals surface area contributed by atoms with E-state index in [0.29, 0.717) is 6.54 Å². The largest absolute Gasteiger partial charge is 0.479 e. The van der Waals surface area contributed by atoms with E-state index in [2.05, 4.69) is 0 Å². The quantitative estimate of drug-likeness (QED) is 0.860. The molecule has 1 N–H and O–H groups in total. The Morgan fingerprint density at radius 1 is 1.56 bits per heavy atom. The monoisotopic (exact) mass is 249 g/mol. The molecule has 0 bridgehead atoms. The minimum absolute atomic E-state index is 0.0993. The first-order valence-electron chi connectivity index (χ1n) is 5.74. The number of carbonyl (C=O) groups excluding carboxylic acids is 1. The van der Waals surface area contributed by atoms with Crippen LogP contribution in [0.15, 0.2) is 24.3 Å². The molecule has 1 atom stereocenters. The molecule has 0 spiro atoms. The molecule has 0 aliphatic carbocycles. The SMILES string of the molecule is Cc1cccc(CN2CC(C(=O)O)OCC2=O)c1. The van der Waals surface area contributed by atoms with Crippen LogP contribution in [0.2, 0.25) is 0 Å². The summed E-state index contributed by atoms with van der Waals surface area (Å²) in [4.78, 5) is 24.0. The summed E-state index contributed by atoms with van der Waals surface area (Å²) in [6.07, 6.45) is -0.924. The highest BCUT2D eigenvalue weighted by Gasteiger charge is 2.30. The average Bonchev–Trinajstić information content (AvgIpc) is 2.31. The second-order valence-electron chi connectivity index (χ2n) is 4.40. The van der Waals surface area contributed by atoms with Gasteiger partial charge in [0.05, 0.1) is 6.54 Å². The van der Waals surface area contributed by atoms with Crippen LogP contribution in [-0.4, -0.2) is 41.1 Å². The number of aryl methyl sites for hydroxylation is 1. The molecule has 1 aromatic rings. The fourth-order valence-electron chi connectivity index (χ4n) is 1.95. The van der Waals surface area contributed by atoms with Crippen molar-refractivity contribution in [3.8, 4) is 0 Å². The van der Waals surface area contributed by atoms with Gasteiger partial charge in [0.15, 0.2) is 6.10 Å². The second-order valence-corrected chi connectivity index (χ2v) is 4.40. The smallest absolute Gasteiger partial charge is 0.334 e. The molecule has 5 nitrogen and oxygen atoms in total. The van der Waals surface area contributed by atoms with Gasteiger partial charge in [0.2, 0.25) is 5.91 Å². The zero-order valence-corrected chi connectivity index (χ0v) is 10.1. The number of nitrogens with zero attached hydrogens (tertiary/aromatic N) is 1. The van der Waals surface area contributed by atoms with Gasteiger partial charge in [-0.05, 0) is 12.5 Å². The van der Waals surface area contributed by atoms with Gasteiger partial charge in [0.25, 0.3) is 0 Å². The van der Waals surface area contributed by atoms with Crippen molar-refractivity contribution in [3.05, 3.63) is 35.4 Å². The van der Waals surface area contributed by atoms with Crippen molar-refractivity contribution in [2.24, 2.45) is 0 Å². The molecule has 2 rings (SSSR count). The van der Waals surface area contributed by atoms with Crippen molar-refractivity contribution >= 4 is 11.9 Å². The average molecular weight is 249 g/mol. The predicted molar refractivity (Wildman–Crippen MR) is 64.0 cm³/mol. The lowest BCUT2D eigenvalue weighted by molar-refractivity contribution is -0.165. The number of aliphatic carboxylic acids is 1. The van der Waals surface area contributed by atoms with Crippen molar-refractivity contribution < 1.29 is 19.4 Å². The number of benzene rings is 1. The minimum Gasteiger partial charge on any atom is -0.479 e. The van der Waals surface area contributed by atoms with Crippen LogP contribution >= 0.6 is 0 Å². The lowest BCUT2D eigenvalue weighted by atomic mass is 10.1. The molecule has 96 valence electrons. The number of amides is 1. The fourth-order valence-corrected chi connectivity index (χ4v) is 1.95. The highest BCUT2D eigenvalue weighted by atomic mass is 16.5. The molecule has 1 unspecified atom stereocenters. The van der Waals surface area contributed by atoms with Gasteiger partial charge in [-0.25, -0.2) is 4.79 Å². The van der Waals surface area contributed by atoms with Crippen LogP contribution in [-0.2, 0) is 20.9 Å². The number of hydrogen-bond acceptors (Lipinski definition) is 3. The molecular formula is C13H15NO4. The number of carbonyl (C=O) groups is 2. The molecule has 5 heteroatoms. The topological polar surface area (TPSA) is 66.8 Å². The highest BCUT2D eigenvalue weighted by Crippen LogP contribution is 2.12. The van der Waals surface area contributed by atoms with Crippen LogP contribution < -0.4 is 0 Å². The lowest BCUT2D eigenvalue weighted by Gasteiger charge is -2.30. The molecule has 1 amide bonds. The summed E-state index contributed by atoms with van der Waals surface area (Å²) in [7, 11) is 0. The number of carboxylic acids is 1. The number of ether oxygens (including phenoxy) is 1. The van der Waals surface area contributed by atoms with Crippen LogP contribution in [0.3, 0.4) is 0 Å². The molecule has 1 heterocycles. The molecule has 1 aliphatic rings. The third-order valence-electron chi connectivity index (χ3n) is 2.88. The van der Waals surface area contributed by atoms with Crippen LogP contribution in [0.5, 0.6) is 0 Å². The van der Waals surface area contributed by atoms with Gasteiger partial charge in [0.1, 0.15) is 6.61 Å². The Balaban J connectivity index is 2.07. The van der Waals surface area contributed by atoms with Crippen LogP contribution in [0.4, 0.5) is 0 Å². The first-order chi connectivity index (χ1) is 8.56. The lowest BCUT2D eigenvalue weighted by Crippen LogP contribution is -2.49. The van der Waals surface area contributed by atoms with E-state index in [1.54, 1.807) is 0 Å². The molecule has 18 heavy (non-hydrogen) atoms. The molecule has 1 saturated heterocycles. The maximum atomic E-state index is 11.7. The Bertz CT molecular complexity index is 472. The Morgan fingerprint density at radius 3 is 3.00 bits per heavy atom. The van der Waals surface area contributed by atoms with Crippen LogP contribution in [0, 0.1) is 6.92 Å². The van der Waals surface area contributed by atoms with E-state index in [1.807, 2.05) is 31.2 Å². The van der Waals surface area contributed by atoms with Gasteiger partial charge in [-0.15, -0.1) is 0 Å². The van der Waals surface area contributed by atoms with Crippen LogP contribution in [0.25, 0.3) is 0 Å². The van der Waals surface area contributed by atoms with E-state index in [1.165, 1.54) is 4.90 Å². The van der Waals surface area contributed by atoms with Gasteiger partial charge >= 0.3 is 5.97 Å². The van der Waals surface area contributed by atoms with Gasteiger partial charge in [-0.3, -0.25) is 4.79 Å². The molecule has 1 aliphatic heterocycles. The van der Waals surface area contributed by atoms with E-state index in [9.17, 15) is 9.59 Å². The predicted octanol–water partition coefficient (Wildman–Crippen LogP) is 0.807. The van der Waals surface area contributed by atoms with Crippen LogP contribution in [0.1, 0.15) is 11.1 Å². The number of rotatable bonds is 3. The van der Waals surface area contributed by atoms with Crippen molar-refractivity contribution in [3.63, 3.8) is 0 Å². The van der Waals surface area contributed by atoms with E-state index in [0.717, 1.165) is 11.1 Å².